The van der Waals surface area contributed by atoms with Gasteiger partial charge in [0.1, 0.15) is 22.7 Å². The molecule has 0 aliphatic carbocycles. The van der Waals surface area contributed by atoms with Crippen LogP contribution in [0.25, 0.3) is 5.65 Å². The fourth-order valence-corrected chi connectivity index (χ4v) is 2.42. The van der Waals surface area contributed by atoms with Crippen molar-refractivity contribution in [1.82, 2.24) is 19.6 Å². The van der Waals surface area contributed by atoms with Gasteiger partial charge in [0.05, 0.1) is 13.3 Å². The van der Waals surface area contributed by atoms with E-state index in [0.717, 1.165) is 16.8 Å². The molecule has 8 nitrogen and oxygen atoms in total. The minimum Gasteiger partial charge on any atom is -0.494 e. The Balaban J connectivity index is 2.06. The number of nitrogen functional groups attached to an aromatic ring is 1. The van der Waals surface area contributed by atoms with Gasteiger partial charge >= 0.3 is 6.18 Å². The molecule has 0 radical (unpaired) electrons. The van der Waals surface area contributed by atoms with Gasteiger partial charge in [0.2, 0.25) is 0 Å². The van der Waals surface area contributed by atoms with E-state index in [1.165, 1.54) is 19.5 Å². The van der Waals surface area contributed by atoms with Crippen molar-refractivity contribution in [2.75, 3.05) is 18.2 Å². The van der Waals surface area contributed by atoms with Gasteiger partial charge in [-0.05, 0) is 13.0 Å². The highest BCUT2D eigenvalue weighted by molar-refractivity contribution is 6.12. The molecule has 3 heterocycles. The Hall–Kier alpha value is -3.37. The van der Waals surface area contributed by atoms with Crippen molar-refractivity contribution in [3.63, 3.8) is 0 Å². The van der Waals surface area contributed by atoms with Crippen LogP contribution in [0.2, 0.25) is 0 Å². The monoisotopic (exact) mass is 366 g/mol. The van der Waals surface area contributed by atoms with Gasteiger partial charge in [-0.1, -0.05) is 0 Å². The summed E-state index contributed by atoms with van der Waals surface area (Å²) in [7, 11) is 1.42. The first-order valence-electron chi connectivity index (χ1n) is 7.24. The molecule has 0 fully saturated rings. The van der Waals surface area contributed by atoms with Gasteiger partial charge in [0.25, 0.3) is 5.91 Å². The van der Waals surface area contributed by atoms with Gasteiger partial charge in [-0.25, -0.2) is 9.50 Å². The van der Waals surface area contributed by atoms with E-state index in [-0.39, 0.29) is 22.7 Å². The number of rotatable bonds is 3. The van der Waals surface area contributed by atoms with Crippen LogP contribution in [0.5, 0.6) is 5.75 Å². The number of carbonyl (C=O) groups excluding carboxylic acids is 1. The molecular weight excluding hydrogens is 353 g/mol. The van der Waals surface area contributed by atoms with Crippen molar-refractivity contribution >= 4 is 23.1 Å². The van der Waals surface area contributed by atoms with Gasteiger partial charge in [-0.2, -0.15) is 13.2 Å². The maximum Gasteiger partial charge on any atom is 0.433 e. The van der Waals surface area contributed by atoms with Gasteiger partial charge in [-0.3, -0.25) is 9.78 Å². The zero-order valence-corrected chi connectivity index (χ0v) is 13.6. The van der Waals surface area contributed by atoms with Crippen LogP contribution in [-0.2, 0) is 6.18 Å². The van der Waals surface area contributed by atoms with Crippen LogP contribution >= 0.6 is 0 Å². The number of nitrogens with one attached hydrogen (secondary N) is 1. The number of aromatic nitrogens is 4. The number of fused-ring (bicyclic) bond motifs is 1. The minimum atomic E-state index is -4.67. The van der Waals surface area contributed by atoms with Gasteiger partial charge in [0, 0.05) is 18.0 Å². The predicted molar refractivity (Wildman–Crippen MR) is 85.9 cm³/mol. The van der Waals surface area contributed by atoms with Crippen molar-refractivity contribution < 1.29 is 22.7 Å². The molecule has 0 atom stereocenters. The zero-order valence-electron chi connectivity index (χ0n) is 13.6. The molecule has 0 spiro atoms. The fourth-order valence-electron chi connectivity index (χ4n) is 2.42. The number of halogens is 3. The maximum absolute atomic E-state index is 12.9. The molecule has 3 rings (SSSR count). The summed E-state index contributed by atoms with van der Waals surface area (Å²) < 4.78 is 44.9. The molecule has 136 valence electrons. The number of carbonyl (C=O) groups is 1. The smallest absolute Gasteiger partial charge is 0.433 e. The van der Waals surface area contributed by atoms with Crippen LogP contribution in [0.15, 0.2) is 24.7 Å². The number of pyridine rings is 1. The average Bonchev–Trinajstić information content (AvgIpc) is 2.89. The molecule has 0 aromatic carbocycles. The molecule has 0 aliphatic heterocycles. The molecule has 3 N–H and O–H groups in total. The van der Waals surface area contributed by atoms with Crippen molar-refractivity contribution in [2.45, 2.75) is 13.1 Å². The Labute approximate surface area is 144 Å². The summed E-state index contributed by atoms with van der Waals surface area (Å²) in [6.07, 6.45) is -0.749. The molecule has 0 bridgehead atoms. The lowest BCUT2D eigenvalue weighted by Gasteiger charge is -2.11. The Bertz CT molecular complexity index is 999. The van der Waals surface area contributed by atoms with Gasteiger partial charge in [0.15, 0.2) is 11.5 Å². The Morgan fingerprint density at radius 2 is 2.08 bits per heavy atom. The van der Waals surface area contributed by atoms with E-state index in [4.69, 9.17) is 10.5 Å². The van der Waals surface area contributed by atoms with E-state index in [9.17, 15) is 18.0 Å². The summed E-state index contributed by atoms with van der Waals surface area (Å²) in [5, 5.41) is 6.33. The summed E-state index contributed by atoms with van der Waals surface area (Å²) in [5.74, 6) is -0.670. The van der Waals surface area contributed by atoms with E-state index in [0.29, 0.717) is 11.3 Å². The second-order valence-electron chi connectivity index (χ2n) is 5.33. The number of nitrogens with two attached hydrogens (primary N) is 1. The van der Waals surface area contributed by atoms with Crippen LogP contribution in [0.4, 0.5) is 24.7 Å². The molecule has 11 heteroatoms. The number of amides is 1. The molecule has 26 heavy (non-hydrogen) atoms. The summed E-state index contributed by atoms with van der Waals surface area (Å²) in [6.45, 7) is 1.72. The standard InChI is InChI=1S/C15H13F3N6O2/c1-7-5-20-6-8(11(7)26-2)21-14(25)10-12(19)23-24-4-3-9(15(16,17)18)22-13(10)24/h3-6H,1-2H3,(H2,19,23)(H,21,25). The number of methoxy groups -OCH3 is 1. The maximum atomic E-state index is 12.9. The number of ether oxygens (including phenoxy) is 1. The number of nitrogens with zero attached hydrogens (tertiary/aromatic N) is 4. The molecule has 0 saturated carbocycles. The highest BCUT2D eigenvalue weighted by Crippen LogP contribution is 2.30. The molecule has 3 aromatic rings. The Kier molecular flexibility index (Phi) is 4.14. The van der Waals surface area contributed by atoms with E-state index in [1.54, 1.807) is 6.92 Å². The highest BCUT2D eigenvalue weighted by atomic mass is 19.4. The summed E-state index contributed by atoms with van der Waals surface area (Å²) in [5.41, 5.74) is 4.86. The van der Waals surface area contributed by atoms with Crippen molar-refractivity contribution in [2.24, 2.45) is 0 Å². The van der Waals surface area contributed by atoms with E-state index in [1.807, 2.05) is 0 Å². The van der Waals surface area contributed by atoms with Crippen LogP contribution in [0.3, 0.4) is 0 Å². The van der Waals surface area contributed by atoms with E-state index in [2.05, 4.69) is 20.4 Å². The molecule has 0 unspecified atom stereocenters. The van der Waals surface area contributed by atoms with Crippen LogP contribution in [-0.4, -0.2) is 32.6 Å². The molecule has 3 aromatic heterocycles. The van der Waals surface area contributed by atoms with E-state index >= 15 is 0 Å². The summed E-state index contributed by atoms with van der Waals surface area (Å²) in [4.78, 5) is 20.0. The normalized spacial score (nSPS) is 11.6. The quantitative estimate of drug-likeness (QED) is 0.736. The third kappa shape index (κ3) is 2.98. The van der Waals surface area contributed by atoms with E-state index < -0.39 is 17.8 Å². The molecule has 0 saturated heterocycles. The lowest BCUT2D eigenvalue weighted by molar-refractivity contribution is -0.141. The SMILES string of the molecule is COc1c(C)cncc1NC(=O)c1c(N)nn2ccc(C(F)(F)F)nc12. The average molecular weight is 366 g/mol. The van der Waals surface area contributed by atoms with Crippen LogP contribution < -0.4 is 15.8 Å². The highest BCUT2D eigenvalue weighted by Gasteiger charge is 2.33. The molecular formula is C15H13F3N6O2. The van der Waals surface area contributed by atoms with Crippen LogP contribution in [0.1, 0.15) is 21.6 Å². The zero-order chi connectivity index (χ0) is 19.1. The second kappa shape index (κ2) is 6.17. The predicted octanol–water partition coefficient (Wildman–Crippen LogP) is 2.29. The van der Waals surface area contributed by atoms with Crippen molar-refractivity contribution in [3.05, 3.63) is 41.5 Å². The summed E-state index contributed by atoms with van der Waals surface area (Å²) >= 11 is 0. The Morgan fingerprint density at radius 1 is 1.35 bits per heavy atom. The molecule has 0 aliphatic rings. The van der Waals surface area contributed by atoms with Crippen LogP contribution in [0, 0.1) is 6.92 Å². The third-order valence-corrected chi connectivity index (χ3v) is 3.56. The Morgan fingerprint density at radius 3 is 2.73 bits per heavy atom. The first-order chi connectivity index (χ1) is 12.2. The third-order valence-electron chi connectivity index (χ3n) is 3.56. The van der Waals surface area contributed by atoms with Gasteiger partial charge < -0.3 is 15.8 Å². The van der Waals surface area contributed by atoms with Gasteiger partial charge in [-0.15, -0.1) is 5.10 Å². The number of aryl methyl sites for hydroxylation is 1. The second-order valence-corrected chi connectivity index (χ2v) is 5.33. The number of anilines is 2. The largest absolute Gasteiger partial charge is 0.494 e. The number of hydrogen-bond donors (Lipinski definition) is 2. The first-order valence-corrected chi connectivity index (χ1v) is 7.24. The first kappa shape index (κ1) is 17.5. The lowest BCUT2D eigenvalue weighted by Crippen LogP contribution is -2.16. The topological polar surface area (TPSA) is 107 Å². The minimum absolute atomic E-state index is 0.239. The number of hydrogen-bond acceptors (Lipinski definition) is 6. The lowest BCUT2D eigenvalue weighted by atomic mass is 10.2. The fraction of sp³-hybridized carbons (Fsp3) is 0.200. The molecule has 1 amide bonds. The summed E-state index contributed by atoms with van der Waals surface area (Å²) in [6, 6.07) is 0.745. The van der Waals surface area contributed by atoms with Crippen molar-refractivity contribution in [3.8, 4) is 5.75 Å². The number of alkyl halides is 3. The van der Waals surface area contributed by atoms with Crippen molar-refractivity contribution in [1.29, 1.82) is 0 Å².